The summed E-state index contributed by atoms with van der Waals surface area (Å²) in [4.78, 5) is 47.2. The number of anilines is 2. The van der Waals surface area contributed by atoms with Crippen LogP contribution in [0.15, 0.2) is 76.3 Å². The molecule has 0 radical (unpaired) electrons. The van der Waals surface area contributed by atoms with Crippen molar-refractivity contribution in [3.05, 3.63) is 98.8 Å². The number of rotatable bonds is 9. The number of nitrogens with zero attached hydrogens (tertiary/aromatic N) is 3. The highest BCUT2D eigenvalue weighted by molar-refractivity contribution is 6.05. The van der Waals surface area contributed by atoms with E-state index in [0.29, 0.717) is 30.0 Å². The summed E-state index contributed by atoms with van der Waals surface area (Å²) in [7, 11) is 1.53. The van der Waals surface area contributed by atoms with Crippen LogP contribution in [0.3, 0.4) is 0 Å². The summed E-state index contributed by atoms with van der Waals surface area (Å²) < 4.78 is 6.74. The van der Waals surface area contributed by atoms with Gasteiger partial charge in [0, 0.05) is 23.6 Å². The molecule has 4 rings (SSSR count). The summed E-state index contributed by atoms with van der Waals surface area (Å²) in [6.07, 6.45) is 4.43. The van der Waals surface area contributed by atoms with Crippen LogP contribution in [0.4, 0.5) is 11.5 Å². The molecule has 2 aromatic heterocycles. The summed E-state index contributed by atoms with van der Waals surface area (Å²) in [5, 5.41) is 0.984. The Kier molecular flexibility index (Phi) is 7.83. The van der Waals surface area contributed by atoms with E-state index in [1.165, 1.54) is 22.7 Å². The Labute approximate surface area is 213 Å². The van der Waals surface area contributed by atoms with E-state index in [2.05, 4.69) is 9.97 Å². The van der Waals surface area contributed by atoms with E-state index in [4.69, 9.17) is 10.5 Å². The van der Waals surface area contributed by atoms with Gasteiger partial charge in [-0.05, 0) is 30.7 Å². The Balaban J connectivity index is 1.78. The van der Waals surface area contributed by atoms with Crippen LogP contribution >= 0.6 is 0 Å². The van der Waals surface area contributed by atoms with Crippen LogP contribution in [0.1, 0.15) is 31.0 Å². The number of H-pyrrole nitrogens is 1. The Bertz CT molecular complexity index is 1570. The number of fused-ring (bicyclic) bond motifs is 1. The Morgan fingerprint density at radius 1 is 1.11 bits per heavy atom. The molecule has 0 saturated heterocycles. The highest BCUT2D eigenvalue weighted by Crippen LogP contribution is 2.25. The molecule has 9 nitrogen and oxygen atoms in total. The van der Waals surface area contributed by atoms with E-state index in [9.17, 15) is 14.4 Å². The number of nitrogens with one attached hydrogen (secondary N) is 1. The molecule has 0 fully saturated rings. The van der Waals surface area contributed by atoms with Crippen LogP contribution in [0, 0.1) is 0 Å². The normalized spacial score (nSPS) is 11.2. The van der Waals surface area contributed by atoms with Gasteiger partial charge in [-0.2, -0.15) is 0 Å². The number of nitrogen functional groups attached to an aromatic ring is 1. The molecule has 4 aromatic rings. The van der Waals surface area contributed by atoms with Gasteiger partial charge >= 0.3 is 5.69 Å². The van der Waals surface area contributed by atoms with Crippen LogP contribution in [0.25, 0.3) is 17.0 Å². The number of nitrogens with two attached hydrogens (primary N) is 1. The Morgan fingerprint density at radius 2 is 1.86 bits per heavy atom. The first-order valence-corrected chi connectivity index (χ1v) is 12.0. The van der Waals surface area contributed by atoms with E-state index in [0.717, 1.165) is 17.3 Å². The number of hydrogen-bond donors (Lipinski definition) is 2. The summed E-state index contributed by atoms with van der Waals surface area (Å²) in [6.45, 7) is 2.30. The lowest BCUT2D eigenvalue weighted by Gasteiger charge is -2.24. The first kappa shape index (κ1) is 25.4. The average molecular weight is 500 g/mol. The molecule has 0 saturated carbocycles. The zero-order valence-corrected chi connectivity index (χ0v) is 20.8. The molecule has 0 atom stereocenters. The summed E-state index contributed by atoms with van der Waals surface area (Å²) in [5.74, 6) is -0.0174. The minimum Gasteiger partial charge on any atom is -0.496 e. The van der Waals surface area contributed by atoms with Gasteiger partial charge in [-0.25, -0.2) is 9.78 Å². The van der Waals surface area contributed by atoms with Crippen LogP contribution < -0.4 is 26.6 Å². The minimum absolute atomic E-state index is 0.00238. The van der Waals surface area contributed by atoms with E-state index in [-0.39, 0.29) is 18.1 Å². The number of amides is 1. The van der Waals surface area contributed by atoms with E-state index in [1.54, 1.807) is 18.2 Å². The molecule has 1 amide bonds. The third-order valence-electron chi connectivity index (χ3n) is 6.02. The number of hydrogen-bond acceptors (Lipinski definition) is 6. The monoisotopic (exact) mass is 499 g/mol. The first-order chi connectivity index (χ1) is 17.9. The quantitative estimate of drug-likeness (QED) is 0.338. The molecule has 2 heterocycles. The molecule has 9 heteroatoms. The van der Waals surface area contributed by atoms with Gasteiger partial charge in [0.25, 0.3) is 11.5 Å². The van der Waals surface area contributed by atoms with E-state index < -0.39 is 17.2 Å². The van der Waals surface area contributed by atoms with Crippen molar-refractivity contribution in [3.63, 3.8) is 0 Å². The number of pyridine rings is 1. The predicted molar refractivity (Wildman–Crippen MR) is 146 cm³/mol. The van der Waals surface area contributed by atoms with Crippen molar-refractivity contribution in [3.8, 4) is 5.75 Å². The maximum atomic E-state index is 13.6. The Hall–Kier alpha value is -4.66. The predicted octanol–water partition coefficient (Wildman–Crippen LogP) is 3.72. The molecule has 0 aliphatic heterocycles. The van der Waals surface area contributed by atoms with Crippen molar-refractivity contribution in [2.75, 3.05) is 17.7 Å². The minimum atomic E-state index is -0.740. The van der Waals surface area contributed by atoms with Gasteiger partial charge in [-0.3, -0.25) is 24.0 Å². The number of para-hydroxylation sites is 2. The first-order valence-electron chi connectivity index (χ1n) is 12.0. The van der Waals surface area contributed by atoms with Crippen LogP contribution in [-0.4, -0.2) is 27.6 Å². The second kappa shape index (κ2) is 11.4. The molecular formula is C28H29N5O4. The van der Waals surface area contributed by atoms with Gasteiger partial charge < -0.3 is 10.5 Å². The lowest BCUT2D eigenvalue weighted by molar-refractivity contribution is -0.114. The third-order valence-corrected chi connectivity index (χ3v) is 6.02. The number of benzene rings is 2. The number of carbonyl (C=O) groups is 1. The van der Waals surface area contributed by atoms with Crippen LogP contribution in [0.5, 0.6) is 5.75 Å². The summed E-state index contributed by atoms with van der Waals surface area (Å²) >= 11 is 0. The second-order valence-electron chi connectivity index (χ2n) is 8.50. The van der Waals surface area contributed by atoms with Crippen molar-refractivity contribution in [1.82, 2.24) is 14.5 Å². The fourth-order valence-corrected chi connectivity index (χ4v) is 4.07. The molecule has 3 N–H and O–H groups in total. The van der Waals surface area contributed by atoms with Gasteiger partial charge in [-0.15, -0.1) is 0 Å². The number of aromatic nitrogens is 3. The smallest absolute Gasteiger partial charge is 0.330 e. The lowest BCUT2D eigenvalue weighted by atomic mass is 10.1. The number of ether oxygens (including phenoxy) is 1. The second-order valence-corrected chi connectivity index (χ2v) is 8.50. The van der Waals surface area contributed by atoms with Gasteiger partial charge in [-0.1, -0.05) is 55.8 Å². The van der Waals surface area contributed by atoms with Crippen molar-refractivity contribution >= 4 is 34.4 Å². The zero-order valence-electron chi connectivity index (χ0n) is 20.8. The molecule has 0 aliphatic rings. The lowest BCUT2D eigenvalue weighted by Crippen LogP contribution is -2.40. The molecule has 0 bridgehead atoms. The van der Waals surface area contributed by atoms with Crippen molar-refractivity contribution in [1.29, 1.82) is 0 Å². The highest BCUT2D eigenvalue weighted by Gasteiger charge is 2.24. The number of carbonyl (C=O) groups excluding carboxylic acids is 1. The standard InChI is InChI=1S/C28H29N5O4/c1-3-4-17-32-26(29)25(27(35)31-28(32)36)33(18-20-10-6-8-12-23(20)37-2)24(34)16-15-21-14-13-19-9-5-7-11-22(19)30-21/h5-16H,3-4,17-18,29H2,1-2H3,(H,31,35,36)/b16-15+. The maximum absolute atomic E-state index is 13.6. The topological polar surface area (TPSA) is 123 Å². The van der Waals surface area contributed by atoms with Gasteiger partial charge in [0.2, 0.25) is 0 Å². The molecule has 0 spiro atoms. The number of methoxy groups -OCH3 is 1. The molecule has 190 valence electrons. The average Bonchev–Trinajstić information content (AvgIpc) is 2.91. The van der Waals surface area contributed by atoms with Crippen LogP contribution in [0.2, 0.25) is 0 Å². The largest absolute Gasteiger partial charge is 0.496 e. The summed E-state index contributed by atoms with van der Waals surface area (Å²) in [5.41, 5.74) is 6.94. The Morgan fingerprint density at radius 3 is 2.65 bits per heavy atom. The fourth-order valence-electron chi connectivity index (χ4n) is 4.07. The van der Waals surface area contributed by atoms with E-state index in [1.807, 2.05) is 55.5 Å². The molecule has 0 aliphatic carbocycles. The van der Waals surface area contributed by atoms with E-state index >= 15 is 0 Å². The maximum Gasteiger partial charge on any atom is 0.330 e. The SMILES string of the molecule is CCCCn1c(N)c(N(Cc2ccccc2OC)C(=O)/C=C/c2ccc3ccccc3n2)c(=O)[nH]c1=O. The van der Waals surface area contributed by atoms with Crippen molar-refractivity contribution in [2.45, 2.75) is 32.9 Å². The number of aromatic amines is 1. The number of unbranched alkanes of at least 4 members (excludes halogenated alkanes) is 1. The molecule has 37 heavy (non-hydrogen) atoms. The molecule has 2 aromatic carbocycles. The van der Waals surface area contributed by atoms with Gasteiger partial charge in [0.15, 0.2) is 5.69 Å². The zero-order chi connectivity index (χ0) is 26.4. The third kappa shape index (κ3) is 5.61. The van der Waals surface area contributed by atoms with Gasteiger partial charge in [0.1, 0.15) is 11.6 Å². The van der Waals surface area contributed by atoms with Crippen LogP contribution in [-0.2, 0) is 17.9 Å². The summed E-state index contributed by atoms with van der Waals surface area (Å²) in [6, 6.07) is 18.6. The fraction of sp³-hybridized carbons (Fsp3) is 0.214. The van der Waals surface area contributed by atoms with Crippen molar-refractivity contribution in [2.24, 2.45) is 0 Å². The highest BCUT2D eigenvalue weighted by atomic mass is 16.5. The van der Waals surface area contributed by atoms with Gasteiger partial charge in [0.05, 0.1) is 24.9 Å². The van der Waals surface area contributed by atoms with Crippen molar-refractivity contribution < 1.29 is 9.53 Å². The molecule has 0 unspecified atom stereocenters. The molecular weight excluding hydrogens is 470 g/mol.